The molecule has 0 unspecified atom stereocenters. The fourth-order valence-corrected chi connectivity index (χ4v) is 2.21. The number of hydrogen-bond acceptors (Lipinski definition) is 2. The number of nitrogens with one attached hydrogen (secondary N) is 1. The number of benzene rings is 1. The molecule has 0 aliphatic carbocycles. The van der Waals surface area contributed by atoms with E-state index < -0.39 is 6.10 Å². The Morgan fingerprint density at radius 1 is 1.30 bits per heavy atom. The van der Waals surface area contributed by atoms with Crippen LogP contribution in [-0.4, -0.2) is 18.1 Å². The molecule has 2 atom stereocenters. The van der Waals surface area contributed by atoms with Crippen molar-refractivity contribution < 1.29 is 9.53 Å². The molecule has 112 valence electrons. The molecule has 0 aromatic heterocycles. The number of amides is 1. The molecule has 0 radical (unpaired) electrons. The molecule has 4 heteroatoms. The van der Waals surface area contributed by atoms with Crippen molar-refractivity contribution in [2.24, 2.45) is 0 Å². The third kappa shape index (κ3) is 4.71. The molecule has 0 saturated heterocycles. The summed E-state index contributed by atoms with van der Waals surface area (Å²) in [6, 6.07) is 3.88. The maximum Gasteiger partial charge on any atom is 0.260 e. The number of halogens is 1. The van der Waals surface area contributed by atoms with E-state index >= 15 is 0 Å². The zero-order valence-electron chi connectivity index (χ0n) is 12.9. The minimum atomic E-state index is -0.519. The second-order valence-corrected chi connectivity index (χ2v) is 5.71. The molecule has 20 heavy (non-hydrogen) atoms. The number of aryl methyl sites for hydroxylation is 2. The van der Waals surface area contributed by atoms with Gasteiger partial charge in [0.05, 0.1) is 0 Å². The Bertz CT molecular complexity index is 451. The first-order valence-electron chi connectivity index (χ1n) is 7.09. The van der Waals surface area contributed by atoms with E-state index in [0.717, 1.165) is 29.0 Å². The molecule has 0 fully saturated rings. The Morgan fingerprint density at radius 3 is 2.35 bits per heavy atom. The zero-order chi connectivity index (χ0) is 15.3. The second kappa shape index (κ2) is 7.53. The molecule has 0 aliphatic rings. The lowest BCUT2D eigenvalue weighted by molar-refractivity contribution is -0.127. The van der Waals surface area contributed by atoms with Gasteiger partial charge in [0, 0.05) is 11.1 Å². The molecule has 0 saturated carbocycles. The molecule has 3 nitrogen and oxygen atoms in total. The van der Waals surface area contributed by atoms with Crippen molar-refractivity contribution in [1.29, 1.82) is 0 Å². The van der Waals surface area contributed by atoms with Crippen molar-refractivity contribution >= 4 is 17.5 Å². The monoisotopic (exact) mass is 297 g/mol. The van der Waals surface area contributed by atoms with E-state index in [9.17, 15) is 4.79 Å². The number of rotatable bonds is 6. The number of carbonyl (C=O) groups is 1. The molecule has 0 spiro atoms. The molecule has 1 N–H and O–H groups in total. The largest absolute Gasteiger partial charge is 0.481 e. The molecule has 1 rings (SSSR count). The summed E-state index contributed by atoms with van der Waals surface area (Å²) in [5.41, 5.74) is 1.90. The SMILES string of the molecule is CCC[C@H](C)NC(=O)[C@H](C)Oc1cc(C)c(Cl)c(C)c1. The van der Waals surface area contributed by atoms with Crippen LogP contribution in [0.5, 0.6) is 5.75 Å². The Morgan fingerprint density at radius 2 is 1.85 bits per heavy atom. The van der Waals surface area contributed by atoms with Gasteiger partial charge in [-0.1, -0.05) is 24.9 Å². The van der Waals surface area contributed by atoms with Crippen molar-refractivity contribution in [3.05, 3.63) is 28.3 Å². The maximum absolute atomic E-state index is 12.0. The summed E-state index contributed by atoms with van der Waals surface area (Å²) in [5, 5.41) is 3.69. The molecule has 0 bridgehead atoms. The van der Waals surface area contributed by atoms with Crippen LogP contribution in [0.4, 0.5) is 0 Å². The minimum absolute atomic E-state index is 0.0868. The minimum Gasteiger partial charge on any atom is -0.481 e. The van der Waals surface area contributed by atoms with Crippen LogP contribution in [0.15, 0.2) is 12.1 Å². The first-order valence-corrected chi connectivity index (χ1v) is 7.46. The highest BCUT2D eigenvalue weighted by Gasteiger charge is 2.17. The van der Waals surface area contributed by atoms with Gasteiger partial charge in [0.25, 0.3) is 5.91 Å². The topological polar surface area (TPSA) is 38.3 Å². The van der Waals surface area contributed by atoms with E-state index in [0.29, 0.717) is 5.75 Å². The van der Waals surface area contributed by atoms with Crippen LogP contribution in [0, 0.1) is 13.8 Å². The first kappa shape index (κ1) is 16.8. The van der Waals surface area contributed by atoms with Gasteiger partial charge in [-0.25, -0.2) is 0 Å². The third-order valence-corrected chi connectivity index (χ3v) is 3.80. The molecule has 1 aromatic carbocycles. The van der Waals surface area contributed by atoms with Gasteiger partial charge in [-0.05, 0) is 57.4 Å². The predicted molar refractivity (Wildman–Crippen MR) is 83.5 cm³/mol. The van der Waals surface area contributed by atoms with Crippen LogP contribution in [0.1, 0.15) is 44.7 Å². The summed E-state index contributed by atoms with van der Waals surface area (Å²) < 4.78 is 5.70. The van der Waals surface area contributed by atoms with E-state index in [4.69, 9.17) is 16.3 Å². The van der Waals surface area contributed by atoms with Crippen LogP contribution in [0.3, 0.4) is 0 Å². The van der Waals surface area contributed by atoms with Gasteiger partial charge in [0.1, 0.15) is 5.75 Å². The quantitative estimate of drug-likeness (QED) is 0.861. The second-order valence-electron chi connectivity index (χ2n) is 5.33. The summed E-state index contributed by atoms with van der Waals surface area (Å²) in [7, 11) is 0. The van der Waals surface area contributed by atoms with E-state index in [1.54, 1.807) is 6.92 Å². The normalized spacial score (nSPS) is 13.7. The van der Waals surface area contributed by atoms with Gasteiger partial charge in [0.15, 0.2) is 6.10 Å². The summed E-state index contributed by atoms with van der Waals surface area (Å²) in [6.45, 7) is 9.71. The Hall–Kier alpha value is -1.22. The van der Waals surface area contributed by atoms with E-state index in [2.05, 4.69) is 12.2 Å². The Kier molecular flexibility index (Phi) is 6.34. The van der Waals surface area contributed by atoms with Crippen LogP contribution < -0.4 is 10.1 Å². The molecule has 1 aromatic rings. The van der Waals surface area contributed by atoms with Crippen molar-refractivity contribution in [2.45, 2.75) is 59.6 Å². The third-order valence-electron chi connectivity index (χ3n) is 3.20. The van der Waals surface area contributed by atoms with Gasteiger partial charge in [-0.15, -0.1) is 0 Å². The molecule has 0 aliphatic heterocycles. The van der Waals surface area contributed by atoms with Crippen molar-refractivity contribution in [2.75, 3.05) is 0 Å². The van der Waals surface area contributed by atoms with E-state index in [1.165, 1.54) is 0 Å². The molecule has 0 heterocycles. The van der Waals surface area contributed by atoms with Crippen LogP contribution >= 0.6 is 11.6 Å². The fraction of sp³-hybridized carbons (Fsp3) is 0.562. The first-order chi connectivity index (χ1) is 9.35. The molecular formula is C16H24ClNO2. The lowest BCUT2D eigenvalue weighted by atomic mass is 10.1. The maximum atomic E-state index is 12.0. The summed E-state index contributed by atoms with van der Waals surface area (Å²) in [5.74, 6) is 0.589. The van der Waals surface area contributed by atoms with Gasteiger partial charge < -0.3 is 10.1 Å². The van der Waals surface area contributed by atoms with Crippen molar-refractivity contribution in [1.82, 2.24) is 5.32 Å². The zero-order valence-corrected chi connectivity index (χ0v) is 13.7. The van der Waals surface area contributed by atoms with Crippen LogP contribution in [0.2, 0.25) is 5.02 Å². The van der Waals surface area contributed by atoms with Gasteiger partial charge in [-0.3, -0.25) is 4.79 Å². The average molecular weight is 298 g/mol. The van der Waals surface area contributed by atoms with Gasteiger partial charge in [-0.2, -0.15) is 0 Å². The molecular weight excluding hydrogens is 274 g/mol. The summed E-state index contributed by atoms with van der Waals surface area (Å²) in [6.07, 6.45) is 1.50. The van der Waals surface area contributed by atoms with Crippen LogP contribution in [0.25, 0.3) is 0 Å². The Labute approximate surface area is 126 Å². The lowest BCUT2D eigenvalue weighted by Gasteiger charge is -2.19. The smallest absolute Gasteiger partial charge is 0.260 e. The highest BCUT2D eigenvalue weighted by molar-refractivity contribution is 6.32. The highest BCUT2D eigenvalue weighted by Crippen LogP contribution is 2.26. The van der Waals surface area contributed by atoms with E-state index in [1.807, 2.05) is 32.9 Å². The number of ether oxygens (including phenoxy) is 1. The van der Waals surface area contributed by atoms with Crippen LogP contribution in [-0.2, 0) is 4.79 Å². The fourth-order valence-electron chi connectivity index (χ4n) is 2.10. The standard InChI is InChI=1S/C16H24ClNO2/c1-6-7-12(4)18-16(19)13(5)20-14-8-10(2)15(17)11(3)9-14/h8-9,12-13H,6-7H2,1-5H3,(H,18,19)/t12-,13-/m0/s1. The Balaban J connectivity index is 2.66. The van der Waals surface area contributed by atoms with E-state index in [-0.39, 0.29) is 11.9 Å². The molecule has 1 amide bonds. The van der Waals surface area contributed by atoms with Gasteiger partial charge >= 0.3 is 0 Å². The van der Waals surface area contributed by atoms with Crippen molar-refractivity contribution in [3.8, 4) is 5.75 Å². The average Bonchev–Trinajstić information content (AvgIpc) is 2.35. The highest BCUT2D eigenvalue weighted by atomic mass is 35.5. The lowest BCUT2D eigenvalue weighted by Crippen LogP contribution is -2.41. The van der Waals surface area contributed by atoms with Gasteiger partial charge in [0.2, 0.25) is 0 Å². The number of carbonyl (C=O) groups excluding carboxylic acids is 1. The van der Waals surface area contributed by atoms with Crippen molar-refractivity contribution in [3.63, 3.8) is 0 Å². The predicted octanol–water partition coefficient (Wildman–Crippen LogP) is 4.03. The summed E-state index contributed by atoms with van der Waals surface area (Å²) in [4.78, 5) is 12.0. The summed E-state index contributed by atoms with van der Waals surface area (Å²) >= 11 is 6.12. The number of hydrogen-bond donors (Lipinski definition) is 1.